The molecule has 18 heavy (non-hydrogen) atoms. The number of rotatable bonds is 5. The van der Waals surface area contributed by atoms with Gasteiger partial charge in [-0.2, -0.15) is 12.6 Å². The van der Waals surface area contributed by atoms with E-state index in [1.165, 1.54) is 32.1 Å². The molecule has 0 aromatic heterocycles. The summed E-state index contributed by atoms with van der Waals surface area (Å²) in [6.45, 7) is 0.120. The Balaban J connectivity index is 1.63. The number of carbonyl (C=O) groups excluding carboxylic acids is 1. The van der Waals surface area contributed by atoms with Crippen molar-refractivity contribution in [1.29, 1.82) is 0 Å². The van der Waals surface area contributed by atoms with Gasteiger partial charge in [0.15, 0.2) is 6.79 Å². The molecule has 3 nitrogen and oxygen atoms in total. The third kappa shape index (κ3) is 4.16. The molecule has 0 heterocycles. The lowest BCUT2D eigenvalue weighted by molar-refractivity contribution is -0.163. The van der Waals surface area contributed by atoms with E-state index in [4.69, 9.17) is 9.47 Å². The minimum Gasteiger partial charge on any atom is -0.438 e. The second-order valence-corrected chi connectivity index (χ2v) is 5.96. The molecule has 0 amide bonds. The summed E-state index contributed by atoms with van der Waals surface area (Å²) in [4.78, 5) is 11.2. The first kappa shape index (κ1) is 14.2. The molecule has 2 aliphatic carbocycles. The third-order valence-corrected chi connectivity index (χ3v) is 4.55. The van der Waals surface area contributed by atoms with Crippen LogP contribution < -0.4 is 0 Å². The number of fused-ring (bicyclic) bond motifs is 1. The van der Waals surface area contributed by atoms with Gasteiger partial charge >= 0.3 is 5.97 Å². The monoisotopic (exact) mass is 272 g/mol. The van der Waals surface area contributed by atoms with Gasteiger partial charge in [0, 0.05) is 5.75 Å². The topological polar surface area (TPSA) is 35.5 Å². The Labute approximate surface area is 115 Å². The van der Waals surface area contributed by atoms with Crippen LogP contribution >= 0.6 is 12.6 Å². The molecule has 2 aliphatic rings. The molecule has 0 aliphatic heterocycles. The summed E-state index contributed by atoms with van der Waals surface area (Å²) >= 11 is 3.99. The van der Waals surface area contributed by atoms with Gasteiger partial charge in [-0.25, -0.2) is 0 Å². The summed E-state index contributed by atoms with van der Waals surface area (Å²) in [7, 11) is 0. The molecule has 3 unspecified atom stereocenters. The van der Waals surface area contributed by atoms with Gasteiger partial charge in [-0.15, -0.1) is 0 Å². The summed E-state index contributed by atoms with van der Waals surface area (Å²) in [5.74, 6) is 2.11. The first-order valence-electron chi connectivity index (χ1n) is 7.17. The van der Waals surface area contributed by atoms with E-state index in [2.05, 4.69) is 12.6 Å². The van der Waals surface area contributed by atoms with Gasteiger partial charge in [-0.3, -0.25) is 4.79 Å². The van der Waals surface area contributed by atoms with E-state index in [0.717, 1.165) is 24.7 Å². The van der Waals surface area contributed by atoms with Gasteiger partial charge in [-0.05, 0) is 31.1 Å². The van der Waals surface area contributed by atoms with Crippen molar-refractivity contribution in [3.8, 4) is 0 Å². The Morgan fingerprint density at radius 2 is 1.89 bits per heavy atom. The van der Waals surface area contributed by atoms with Crippen LogP contribution in [0.15, 0.2) is 0 Å². The highest BCUT2D eigenvalue weighted by Gasteiger charge is 2.32. The van der Waals surface area contributed by atoms with Crippen molar-refractivity contribution in [2.24, 2.45) is 11.8 Å². The zero-order chi connectivity index (χ0) is 12.8. The van der Waals surface area contributed by atoms with Gasteiger partial charge in [0.2, 0.25) is 0 Å². The standard InChI is InChI=1S/C14H24O3S/c15-14(7-8-18)17-10-16-13-6-5-11-3-1-2-4-12(11)9-13/h11-13,18H,1-10H2. The molecular formula is C14H24O3S. The highest BCUT2D eigenvalue weighted by molar-refractivity contribution is 7.80. The molecule has 3 atom stereocenters. The van der Waals surface area contributed by atoms with Crippen molar-refractivity contribution in [2.75, 3.05) is 12.5 Å². The summed E-state index contributed by atoms with van der Waals surface area (Å²) in [6.07, 6.45) is 9.81. The minimum atomic E-state index is -0.212. The average molecular weight is 272 g/mol. The highest BCUT2D eigenvalue weighted by Crippen LogP contribution is 2.41. The van der Waals surface area contributed by atoms with Crippen molar-refractivity contribution < 1.29 is 14.3 Å². The molecular weight excluding hydrogens is 248 g/mol. The Bertz CT molecular complexity index is 270. The van der Waals surface area contributed by atoms with Crippen LogP contribution in [0.3, 0.4) is 0 Å². The molecule has 2 rings (SSSR count). The largest absolute Gasteiger partial charge is 0.438 e. The summed E-state index contributed by atoms with van der Waals surface area (Å²) in [5, 5.41) is 0. The fourth-order valence-corrected chi connectivity index (χ4v) is 3.52. The Kier molecular flexibility index (Phi) is 5.83. The summed E-state index contributed by atoms with van der Waals surface area (Å²) in [6, 6.07) is 0. The molecule has 104 valence electrons. The van der Waals surface area contributed by atoms with Crippen molar-refractivity contribution >= 4 is 18.6 Å². The average Bonchev–Trinajstić information content (AvgIpc) is 2.39. The summed E-state index contributed by atoms with van der Waals surface area (Å²) < 4.78 is 10.7. The molecule has 0 N–H and O–H groups in total. The fourth-order valence-electron chi connectivity index (χ4n) is 3.34. The molecule has 0 aromatic rings. The first-order chi connectivity index (χ1) is 8.79. The van der Waals surface area contributed by atoms with Gasteiger partial charge in [0.25, 0.3) is 0 Å². The molecule has 2 saturated carbocycles. The van der Waals surface area contributed by atoms with Crippen LogP contribution in [-0.2, 0) is 14.3 Å². The lowest BCUT2D eigenvalue weighted by atomic mass is 9.70. The maximum Gasteiger partial charge on any atom is 0.308 e. The second kappa shape index (κ2) is 7.39. The maximum absolute atomic E-state index is 11.2. The Morgan fingerprint density at radius 3 is 2.67 bits per heavy atom. The fraction of sp³-hybridized carbons (Fsp3) is 0.929. The van der Waals surface area contributed by atoms with Gasteiger partial charge in [-0.1, -0.05) is 25.7 Å². The molecule has 0 radical (unpaired) electrons. The van der Waals surface area contributed by atoms with E-state index >= 15 is 0 Å². The van der Waals surface area contributed by atoms with E-state index in [9.17, 15) is 4.79 Å². The molecule has 2 fully saturated rings. The van der Waals surface area contributed by atoms with E-state index in [1.54, 1.807) is 0 Å². The normalized spacial score (nSPS) is 31.7. The molecule has 0 aromatic carbocycles. The van der Waals surface area contributed by atoms with Crippen LogP contribution in [0.1, 0.15) is 51.4 Å². The molecule has 0 bridgehead atoms. The van der Waals surface area contributed by atoms with E-state index in [-0.39, 0.29) is 12.8 Å². The number of carbonyl (C=O) groups is 1. The highest BCUT2D eigenvalue weighted by atomic mass is 32.1. The second-order valence-electron chi connectivity index (χ2n) is 5.51. The molecule has 0 saturated heterocycles. The predicted octanol–water partition coefficient (Wildman–Crippen LogP) is 3.18. The number of ether oxygens (including phenoxy) is 2. The zero-order valence-corrected chi connectivity index (χ0v) is 11.9. The predicted molar refractivity (Wildman–Crippen MR) is 73.6 cm³/mol. The lowest BCUT2D eigenvalue weighted by Crippen LogP contribution is -2.32. The SMILES string of the molecule is O=C(CCS)OCOC1CCC2CCCCC2C1. The maximum atomic E-state index is 11.2. The smallest absolute Gasteiger partial charge is 0.308 e. The van der Waals surface area contributed by atoms with Crippen molar-refractivity contribution in [1.82, 2.24) is 0 Å². The van der Waals surface area contributed by atoms with Crippen molar-refractivity contribution in [3.05, 3.63) is 0 Å². The van der Waals surface area contributed by atoms with Gasteiger partial charge < -0.3 is 9.47 Å². The van der Waals surface area contributed by atoms with Crippen LogP contribution in [0, 0.1) is 11.8 Å². The molecule has 0 spiro atoms. The van der Waals surface area contributed by atoms with Crippen molar-refractivity contribution in [2.45, 2.75) is 57.5 Å². The van der Waals surface area contributed by atoms with Crippen molar-refractivity contribution in [3.63, 3.8) is 0 Å². The summed E-state index contributed by atoms with van der Waals surface area (Å²) in [5.41, 5.74) is 0. The number of hydrogen-bond acceptors (Lipinski definition) is 4. The van der Waals surface area contributed by atoms with Crippen LogP contribution in [0.25, 0.3) is 0 Å². The quantitative estimate of drug-likeness (QED) is 0.474. The number of thiol groups is 1. The minimum absolute atomic E-state index is 0.120. The lowest BCUT2D eigenvalue weighted by Gasteiger charge is -2.38. The van der Waals surface area contributed by atoms with Crippen LogP contribution in [0.4, 0.5) is 0 Å². The van der Waals surface area contributed by atoms with Crippen LogP contribution in [-0.4, -0.2) is 24.6 Å². The zero-order valence-electron chi connectivity index (χ0n) is 11.0. The van der Waals surface area contributed by atoms with E-state index in [1.807, 2.05) is 0 Å². The van der Waals surface area contributed by atoms with E-state index in [0.29, 0.717) is 18.3 Å². The van der Waals surface area contributed by atoms with Gasteiger partial charge in [0.05, 0.1) is 12.5 Å². The first-order valence-corrected chi connectivity index (χ1v) is 7.81. The number of esters is 1. The molecule has 4 heteroatoms. The third-order valence-electron chi connectivity index (χ3n) is 4.33. The van der Waals surface area contributed by atoms with Crippen LogP contribution in [0.5, 0.6) is 0 Å². The van der Waals surface area contributed by atoms with Gasteiger partial charge in [0.1, 0.15) is 0 Å². The Morgan fingerprint density at radius 1 is 1.11 bits per heavy atom. The van der Waals surface area contributed by atoms with E-state index < -0.39 is 0 Å². The number of hydrogen-bond donors (Lipinski definition) is 1. The van der Waals surface area contributed by atoms with Crippen LogP contribution in [0.2, 0.25) is 0 Å². The Hall–Kier alpha value is -0.220.